The molecule has 0 atom stereocenters. The number of nitrogens with one attached hydrogen (secondary N) is 1. The summed E-state index contributed by atoms with van der Waals surface area (Å²) in [5, 5.41) is 2.88. The number of alkyl halides is 3. The number of fused-ring (bicyclic) bond motifs is 1. The van der Waals surface area contributed by atoms with Gasteiger partial charge in [0.25, 0.3) is 0 Å². The largest absolute Gasteiger partial charge is 0.459 e. The molecule has 0 fully saturated rings. The number of amides is 1. The average molecular weight is 361 g/mol. The number of hydrogen-bond donors (Lipinski definition) is 2. The van der Waals surface area contributed by atoms with Crippen LogP contribution in [0.3, 0.4) is 0 Å². The molecule has 0 radical (unpaired) electrons. The van der Waals surface area contributed by atoms with Crippen LogP contribution in [0.4, 0.5) is 19.0 Å². The summed E-state index contributed by atoms with van der Waals surface area (Å²) in [6, 6.07) is 8.56. The van der Waals surface area contributed by atoms with Gasteiger partial charge in [0.1, 0.15) is 17.2 Å². The standard InChI is InChI=1S/C18H14F3N3O2/c19-18(20,21)14-3-1-2-12-8-13(26-17(12)14)10-24-16(25)7-5-11-4-6-15(22)23-9-11/h1-9H,10H2,(H2,22,23)(H,24,25). The van der Waals surface area contributed by atoms with E-state index in [0.717, 1.165) is 6.07 Å². The number of benzene rings is 1. The molecule has 3 rings (SSSR count). The molecule has 2 aromatic heterocycles. The van der Waals surface area contributed by atoms with Crippen LogP contribution in [0, 0.1) is 0 Å². The predicted octanol–water partition coefficient (Wildman–Crippen LogP) is 3.76. The maximum atomic E-state index is 13.0. The van der Waals surface area contributed by atoms with E-state index in [2.05, 4.69) is 10.3 Å². The summed E-state index contributed by atoms with van der Waals surface area (Å²) in [7, 11) is 0. The quantitative estimate of drug-likeness (QED) is 0.694. The Labute approximate surface area is 146 Å². The highest BCUT2D eigenvalue weighted by Gasteiger charge is 2.34. The molecule has 3 N–H and O–H groups in total. The summed E-state index contributed by atoms with van der Waals surface area (Å²) in [6.45, 7) is -0.0326. The van der Waals surface area contributed by atoms with Crippen molar-refractivity contribution in [3.8, 4) is 0 Å². The van der Waals surface area contributed by atoms with Crippen molar-refractivity contribution in [2.45, 2.75) is 12.7 Å². The number of para-hydroxylation sites is 1. The van der Waals surface area contributed by atoms with Gasteiger partial charge in [0.05, 0.1) is 12.1 Å². The summed E-state index contributed by atoms with van der Waals surface area (Å²) >= 11 is 0. The first-order valence-electron chi connectivity index (χ1n) is 7.59. The maximum absolute atomic E-state index is 13.0. The number of nitrogens with zero attached hydrogens (tertiary/aromatic N) is 1. The van der Waals surface area contributed by atoms with E-state index in [-0.39, 0.29) is 17.9 Å². The fraction of sp³-hybridized carbons (Fsp3) is 0.111. The molecule has 3 aromatic rings. The smallest absolute Gasteiger partial charge is 0.420 e. The molecule has 0 aliphatic rings. The Kier molecular flexibility index (Phi) is 4.66. The van der Waals surface area contributed by atoms with Crippen LogP contribution in [-0.2, 0) is 17.5 Å². The second-order valence-corrected chi connectivity index (χ2v) is 5.50. The highest BCUT2D eigenvalue weighted by atomic mass is 19.4. The molecule has 5 nitrogen and oxygen atoms in total. The van der Waals surface area contributed by atoms with E-state index in [1.807, 2.05) is 0 Å². The number of nitrogen functional groups attached to an aromatic ring is 1. The summed E-state index contributed by atoms with van der Waals surface area (Å²) in [6.07, 6.45) is -0.163. The number of pyridine rings is 1. The zero-order valence-corrected chi connectivity index (χ0v) is 13.4. The third-order valence-electron chi connectivity index (χ3n) is 3.57. The Morgan fingerprint density at radius 3 is 2.77 bits per heavy atom. The van der Waals surface area contributed by atoms with Gasteiger partial charge in [-0.05, 0) is 35.9 Å². The van der Waals surface area contributed by atoms with Crippen LogP contribution in [0.25, 0.3) is 17.0 Å². The minimum atomic E-state index is -4.51. The lowest BCUT2D eigenvalue weighted by Gasteiger charge is -2.06. The number of nitrogens with two attached hydrogens (primary N) is 1. The Balaban J connectivity index is 1.68. The highest BCUT2D eigenvalue weighted by molar-refractivity contribution is 5.91. The van der Waals surface area contributed by atoms with Crippen molar-refractivity contribution in [3.63, 3.8) is 0 Å². The Bertz CT molecular complexity index is 960. The van der Waals surface area contributed by atoms with Crippen LogP contribution in [-0.4, -0.2) is 10.9 Å². The summed E-state index contributed by atoms with van der Waals surface area (Å²) in [5.41, 5.74) is 5.07. The zero-order chi connectivity index (χ0) is 18.7. The lowest BCUT2D eigenvalue weighted by molar-refractivity contribution is -0.136. The van der Waals surface area contributed by atoms with Gasteiger partial charge in [-0.25, -0.2) is 4.98 Å². The Morgan fingerprint density at radius 1 is 1.27 bits per heavy atom. The van der Waals surface area contributed by atoms with Crippen LogP contribution in [0.2, 0.25) is 0 Å². The molecular weight excluding hydrogens is 347 g/mol. The van der Waals surface area contributed by atoms with E-state index >= 15 is 0 Å². The molecule has 1 amide bonds. The van der Waals surface area contributed by atoms with E-state index in [1.54, 1.807) is 18.2 Å². The second kappa shape index (κ2) is 6.91. The number of hydrogen-bond acceptors (Lipinski definition) is 4. The summed E-state index contributed by atoms with van der Waals surface area (Å²) < 4.78 is 44.2. The molecule has 0 saturated carbocycles. The van der Waals surface area contributed by atoms with Gasteiger partial charge in [0.15, 0.2) is 0 Å². The summed E-state index contributed by atoms with van der Waals surface area (Å²) in [5.74, 6) is 0.181. The second-order valence-electron chi connectivity index (χ2n) is 5.50. The molecule has 134 valence electrons. The van der Waals surface area contributed by atoms with Crippen molar-refractivity contribution in [1.29, 1.82) is 0 Å². The molecule has 8 heteroatoms. The van der Waals surface area contributed by atoms with Crippen molar-refractivity contribution in [3.05, 3.63) is 65.6 Å². The summed E-state index contributed by atoms with van der Waals surface area (Å²) in [4.78, 5) is 15.7. The number of anilines is 1. The van der Waals surface area contributed by atoms with E-state index in [9.17, 15) is 18.0 Å². The monoisotopic (exact) mass is 361 g/mol. The molecule has 2 heterocycles. The first kappa shape index (κ1) is 17.5. The van der Waals surface area contributed by atoms with Gasteiger partial charge < -0.3 is 15.5 Å². The normalized spacial score (nSPS) is 12.0. The fourth-order valence-electron chi connectivity index (χ4n) is 2.35. The minimum absolute atomic E-state index is 0.0326. The van der Waals surface area contributed by atoms with Gasteiger partial charge in [-0.1, -0.05) is 12.1 Å². The number of furan rings is 1. The molecule has 0 spiro atoms. The number of halogens is 3. The first-order valence-corrected chi connectivity index (χ1v) is 7.59. The SMILES string of the molecule is Nc1ccc(C=CC(=O)NCc2cc3cccc(C(F)(F)F)c3o2)cn1. The van der Waals surface area contributed by atoms with Crippen molar-refractivity contribution < 1.29 is 22.4 Å². The van der Waals surface area contributed by atoms with Gasteiger partial charge in [-0.2, -0.15) is 13.2 Å². The number of carbonyl (C=O) groups is 1. The number of carbonyl (C=O) groups excluding carboxylic acids is 1. The topological polar surface area (TPSA) is 81.2 Å². The van der Waals surface area contributed by atoms with Crippen molar-refractivity contribution in [2.24, 2.45) is 0 Å². The predicted molar refractivity (Wildman–Crippen MR) is 90.7 cm³/mol. The zero-order valence-electron chi connectivity index (χ0n) is 13.4. The Hall–Kier alpha value is -3.29. The van der Waals surface area contributed by atoms with Crippen molar-refractivity contribution in [2.75, 3.05) is 5.73 Å². The van der Waals surface area contributed by atoms with Gasteiger partial charge in [0.2, 0.25) is 5.91 Å². The minimum Gasteiger partial charge on any atom is -0.459 e. The van der Waals surface area contributed by atoms with Crippen molar-refractivity contribution >= 4 is 28.8 Å². The Morgan fingerprint density at radius 2 is 2.08 bits per heavy atom. The fourth-order valence-corrected chi connectivity index (χ4v) is 2.35. The van der Waals surface area contributed by atoms with Gasteiger partial charge in [-0.15, -0.1) is 0 Å². The lowest BCUT2D eigenvalue weighted by atomic mass is 10.1. The van der Waals surface area contributed by atoms with Crippen LogP contribution < -0.4 is 11.1 Å². The maximum Gasteiger partial charge on any atom is 0.420 e. The van der Waals surface area contributed by atoms with Gasteiger partial charge >= 0.3 is 6.18 Å². The van der Waals surface area contributed by atoms with E-state index < -0.39 is 17.6 Å². The third kappa shape index (κ3) is 4.02. The number of rotatable bonds is 4. The molecule has 0 saturated heterocycles. The molecule has 1 aromatic carbocycles. The molecule has 0 aliphatic heterocycles. The van der Waals surface area contributed by atoms with Crippen LogP contribution in [0.15, 0.2) is 53.1 Å². The van der Waals surface area contributed by atoms with Gasteiger partial charge in [0, 0.05) is 17.7 Å². The molecule has 0 unspecified atom stereocenters. The number of aromatic nitrogens is 1. The van der Waals surface area contributed by atoms with E-state index in [4.69, 9.17) is 10.2 Å². The average Bonchev–Trinajstić information content (AvgIpc) is 3.01. The molecule has 0 aliphatic carbocycles. The van der Waals surface area contributed by atoms with Crippen LogP contribution >= 0.6 is 0 Å². The molecular formula is C18H14F3N3O2. The van der Waals surface area contributed by atoms with Gasteiger partial charge in [-0.3, -0.25) is 4.79 Å². The lowest BCUT2D eigenvalue weighted by Crippen LogP contribution is -2.19. The van der Waals surface area contributed by atoms with Crippen molar-refractivity contribution in [1.82, 2.24) is 10.3 Å². The van der Waals surface area contributed by atoms with Crippen LogP contribution in [0.1, 0.15) is 16.9 Å². The van der Waals surface area contributed by atoms with Crippen LogP contribution in [0.5, 0.6) is 0 Å². The molecule has 26 heavy (non-hydrogen) atoms. The van der Waals surface area contributed by atoms with E-state index in [0.29, 0.717) is 16.8 Å². The first-order chi connectivity index (χ1) is 12.3. The highest BCUT2D eigenvalue weighted by Crippen LogP contribution is 2.35. The molecule has 0 bridgehead atoms. The van der Waals surface area contributed by atoms with E-state index in [1.165, 1.54) is 30.5 Å². The third-order valence-corrected chi connectivity index (χ3v) is 3.57.